The Hall–Kier alpha value is -2.35. The highest BCUT2D eigenvalue weighted by molar-refractivity contribution is 7.89. The van der Waals surface area contributed by atoms with Crippen LogP contribution < -0.4 is 10.3 Å². The van der Waals surface area contributed by atoms with Gasteiger partial charge in [-0.25, -0.2) is 8.42 Å². The normalized spacial score (nSPS) is 15.4. The Morgan fingerprint density at radius 3 is 2.56 bits per heavy atom. The van der Waals surface area contributed by atoms with Crippen LogP contribution in [-0.4, -0.2) is 30.9 Å². The zero-order valence-corrected chi connectivity index (χ0v) is 19.8. The predicted molar refractivity (Wildman–Crippen MR) is 127 cm³/mol. The van der Waals surface area contributed by atoms with Gasteiger partial charge in [0.2, 0.25) is 10.0 Å². The number of fused-ring (bicyclic) bond motifs is 1. The third-order valence-electron chi connectivity index (χ3n) is 6.18. The van der Waals surface area contributed by atoms with Gasteiger partial charge in [-0.05, 0) is 61.0 Å². The number of aromatic amines is 1. The van der Waals surface area contributed by atoms with E-state index in [4.69, 9.17) is 16.3 Å². The number of halogens is 1. The van der Waals surface area contributed by atoms with Gasteiger partial charge in [0.1, 0.15) is 5.75 Å². The van der Waals surface area contributed by atoms with Crippen LogP contribution in [0.1, 0.15) is 43.2 Å². The maximum Gasteiger partial charge on any atom is 0.252 e. The summed E-state index contributed by atoms with van der Waals surface area (Å²) >= 11 is 6.14. The van der Waals surface area contributed by atoms with Crippen LogP contribution in [0.15, 0.2) is 52.2 Å². The third kappa shape index (κ3) is 4.56. The number of methoxy groups -OCH3 is 1. The molecule has 0 atom stereocenters. The third-order valence-corrected chi connectivity index (χ3v) is 8.45. The number of pyridine rings is 1. The average Bonchev–Trinajstić information content (AvgIpc) is 2.79. The summed E-state index contributed by atoms with van der Waals surface area (Å²) in [4.78, 5) is 16.0. The minimum Gasteiger partial charge on any atom is -0.497 e. The summed E-state index contributed by atoms with van der Waals surface area (Å²) in [5, 5.41) is 1.19. The van der Waals surface area contributed by atoms with Gasteiger partial charge in [0.25, 0.3) is 5.56 Å². The van der Waals surface area contributed by atoms with Crippen molar-refractivity contribution in [2.75, 3.05) is 7.11 Å². The molecule has 170 valence electrons. The number of hydrogen-bond donors (Lipinski definition) is 1. The lowest BCUT2D eigenvalue weighted by Gasteiger charge is -2.33. The molecule has 1 heterocycles. The SMILES string of the molecule is COc1ccc2cc(CN(C3CCCCC3)S(=O)(=O)c3cc(Cl)ccc3C)c(=O)[nH]c2c1. The molecule has 0 radical (unpaired) electrons. The molecule has 3 aromatic rings. The van der Waals surface area contributed by atoms with Gasteiger partial charge in [0, 0.05) is 29.2 Å². The molecule has 6 nitrogen and oxygen atoms in total. The summed E-state index contributed by atoms with van der Waals surface area (Å²) in [5.41, 5.74) is 1.40. The van der Waals surface area contributed by atoms with Crippen molar-refractivity contribution in [3.63, 3.8) is 0 Å². The number of sulfonamides is 1. The van der Waals surface area contributed by atoms with Gasteiger partial charge in [-0.3, -0.25) is 4.79 Å². The van der Waals surface area contributed by atoms with Crippen LogP contribution in [0.3, 0.4) is 0 Å². The van der Waals surface area contributed by atoms with Crippen molar-refractivity contribution in [1.29, 1.82) is 0 Å². The van der Waals surface area contributed by atoms with E-state index in [1.54, 1.807) is 38.3 Å². The summed E-state index contributed by atoms with van der Waals surface area (Å²) in [7, 11) is -2.29. The molecule has 0 spiro atoms. The van der Waals surface area contributed by atoms with Crippen molar-refractivity contribution >= 4 is 32.5 Å². The van der Waals surface area contributed by atoms with E-state index in [1.165, 1.54) is 10.4 Å². The lowest BCUT2D eigenvalue weighted by Crippen LogP contribution is -2.42. The molecule has 0 unspecified atom stereocenters. The number of ether oxygens (including phenoxy) is 1. The van der Waals surface area contributed by atoms with Crippen LogP contribution in [0.4, 0.5) is 0 Å². The summed E-state index contributed by atoms with van der Waals surface area (Å²) in [6, 6.07) is 11.9. The first-order chi connectivity index (χ1) is 15.3. The van der Waals surface area contributed by atoms with Gasteiger partial charge in [-0.1, -0.05) is 36.9 Å². The molecule has 1 fully saturated rings. The Morgan fingerprint density at radius 2 is 1.84 bits per heavy atom. The minimum absolute atomic E-state index is 0.0102. The number of aromatic nitrogens is 1. The number of aryl methyl sites for hydroxylation is 1. The van der Waals surface area contributed by atoms with Gasteiger partial charge < -0.3 is 9.72 Å². The topological polar surface area (TPSA) is 79.5 Å². The van der Waals surface area contributed by atoms with Crippen molar-refractivity contribution < 1.29 is 13.2 Å². The van der Waals surface area contributed by atoms with E-state index in [-0.39, 0.29) is 23.0 Å². The molecule has 8 heteroatoms. The van der Waals surface area contributed by atoms with Gasteiger partial charge in [0.15, 0.2) is 0 Å². The summed E-state index contributed by atoms with van der Waals surface area (Å²) in [5.74, 6) is 0.642. The molecule has 2 aromatic carbocycles. The van der Waals surface area contributed by atoms with Crippen LogP contribution in [0.2, 0.25) is 5.02 Å². The van der Waals surface area contributed by atoms with Crippen LogP contribution >= 0.6 is 11.6 Å². The zero-order chi connectivity index (χ0) is 22.9. The molecule has 0 amide bonds. The molecule has 1 aliphatic rings. The maximum absolute atomic E-state index is 13.8. The maximum atomic E-state index is 13.8. The number of hydrogen-bond acceptors (Lipinski definition) is 4. The largest absolute Gasteiger partial charge is 0.497 e. The van der Waals surface area contributed by atoms with E-state index in [9.17, 15) is 13.2 Å². The number of benzene rings is 2. The minimum atomic E-state index is -3.86. The quantitative estimate of drug-likeness (QED) is 0.543. The molecule has 1 saturated carbocycles. The van der Waals surface area contributed by atoms with Crippen LogP contribution in [-0.2, 0) is 16.6 Å². The first-order valence-electron chi connectivity index (χ1n) is 10.8. The van der Waals surface area contributed by atoms with Crippen molar-refractivity contribution in [3.05, 3.63) is 69.0 Å². The number of nitrogens with one attached hydrogen (secondary N) is 1. The van der Waals surface area contributed by atoms with Crippen molar-refractivity contribution in [2.45, 2.75) is 56.5 Å². The Labute approximate surface area is 193 Å². The highest BCUT2D eigenvalue weighted by atomic mass is 35.5. The van der Waals surface area contributed by atoms with Crippen LogP contribution in [0.25, 0.3) is 10.9 Å². The number of nitrogens with zero attached hydrogens (tertiary/aromatic N) is 1. The lowest BCUT2D eigenvalue weighted by molar-refractivity contribution is 0.247. The molecule has 0 aliphatic heterocycles. The molecule has 4 rings (SSSR count). The molecule has 0 saturated heterocycles. The molecule has 1 aliphatic carbocycles. The van der Waals surface area contributed by atoms with Crippen molar-refractivity contribution in [2.24, 2.45) is 0 Å². The van der Waals surface area contributed by atoms with E-state index >= 15 is 0 Å². The van der Waals surface area contributed by atoms with Crippen LogP contribution in [0.5, 0.6) is 5.75 Å². The number of H-pyrrole nitrogens is 1. The van der Waals surface area contributed by atoms with Crippen molar-refractivity contribution in [3.8, 4) is 5.75 Å². The first kappa shape index (κ1) is 22.8. The first-order valence-corrected chi connectivity index (χ1v) is 12.6. The smallest absolute Gasteiger partial charge is 0.252 e. The summed E-state index contributed by atoms with van der Waals surface area (Å²) in [6.45, 7) is 1.77. The second-order valence-corrected chi connectivity index (χ2v) is 10.6. The highest BCUT2D eigenvalue weighted by Crippen LogP contribution is 2.32. The lowest BCUT2D eigenvalue weighted by atomic mass is 9.95. The van der Waals surface area contributed by atoms with E-state index in [0.29, 0.717) is 27.4 Å². The van der Waals surface area contributed by atoms with E-state index in [0.717, 1.165) is 37.5 Å². The molecule has 1 aromatic heterocycles. The summed E-state index contributed by atoms with van der Waals surface area (Å²) < 4.78 is 34.3. The van der Waals surface area contributed by atoms with Crippen LogP contribution in [0, 0.1) is 6.92 Å². The standard InChI is InChI=1S/C24H27ClN2O4S/c1-16-8-10-19(25)13-23(16)32(29,30)27(20-6-4-3-5-7-20)15-18-12-17-9-11-21(31-2)14-22(17)26-24(18)28/h8-14,20H,3-7,15H2,1-2H3,(H,26,28). The monoisotopic (exact) mass is 474 g/mol. The van der Waals surface area contributed by atoms with Crippen molar-refractivity contribution in [1.82, 2.24) is 9.29 Å². The zero-order valence-electron chi connectivity index (χ0n) is 18.2. The van der Waals surface area contributed by atoms with Gasteiger partial charge in [-0.2, -0.15) is 4.31 Å². The van der Waals surface area contributed by atoms with E-state index in [1.807, 2.05) is 12.1 Å². The fourth-order valence-corrected chi connectivity index (χ4v) is 6.55. The fraction of sp³-hybridized carbons (Fsp3) is 0.375. The summed E-state index contributed by atoms with van der Waals surface area (Å²) in [6.07, 6.45) is 4.60. The average molecular weight is 475 g/mol. The van der Waals surface area contributed by atoms with Gasteiger partial charge >= 0.3 is 0 Å². The molecular formula is C24H27ClN2O4S. The Morgan fingerprint density at radius 1 is 1.09 bits per heavy atom. The van der Waals surface area contributed by atoms with Gasteiger partial charge in [0.05, 0.1) is 17.5 Å². The molecular weight excluding hydrogens is 448 g/mol. The number of rotatable bonds is 6. The Balaban J connectivity index is 1.79. The van der Waals surface area contributed by atoms with E-state index in [2.05, 4.69) is 4.98 Å². The fourth-order valence-electron chi connectivity index (χ4n) is 4.40. The second kappa shape index (κ2) is 9.25. The Bertz CT molecular complexity index is 1300. The molecule has 1 N–H and O–H groups in total. The van der Waals surface area contributed by atoms with Gasteiger partial charge in [-0.15, -0.1) is 0 Å². The van der Waals surface area contributed by atoms with E-state index < -0.39 is 10.0 Å². The molecule has 0 bridgehead atoms. The second-order valence-electron chi connectivity index (χ2n) is 8.33. The molecule has 32 heavy (non-hydrogen) atoms. The predicted octanol–water partition coefficient (Wildman–Crippen LogP) is 5.02. The Kier molecular flexibility index (Phi) is 6.60. The highest BCUT2D eigenvalue weighted by Gasteiger charge is 2.34.